The summed E-state index contributed by atoms with van der Waals surface area (Å²) in [5, 5.41) is 8.29. The molecule has 3 aromatic rings. The molecule has 1 unspecified atom stereocenters. The van der Waals surface area contributed by atoms with Crippen LogP contribution in [0.25, 0.3) is 11.0 Å². The van der Waals surface area contributed by atoms with Crippen molar-refractivity contribution in [3.05, 3.63) is 41.2 Å². The molecule has 116 valence electrons. The molecule has 3 rings (SSSR count). The molecule has 6 heteroatoms. The smallest absolute Gasteiger partial charge is 0.223 e. The van der Waals surface area contributed by atoms with Gasteiger partial charge in [-0.15, -0.1) is 0 Å². The number of furan rings is 1. The number of benzene rings is 1. The summed E-state index contributed by atoms with van der Waals surface area (Å²) in [6, 6.07) is 5.86. The third kappa shape index (κ3) is 2.69. The fourth-order valence-electron chi connectivity index (χ4n) is 2.51. The van der Waals surface area contributed by atoms with Gasteiger partial charge in [0.1, 0.15) is 17.1 Å². The summed E-state index contributed by atoms with van der Waals surface area (Å²) in [5.41, 5.74) is 1.97. The number of nitrogens with zero attached hydrogens (tertiary/aromatic N) is 2. The molecule has 0 aliphatic heterocycles. The fraction of sp³-hybridized carbons (Fsp3) is 0.375. The number of ether oxygens (including phenoxy) is 1. The Bertz CT molecular complexity index is 791. The van der Waals surface area contributed by atoms with Gasteiger partial charge in [0.25, 0.3) is 0 Å². The van der Waals surface area contributed by atoms with Gasteiger partial charge in [0.15, 0.2) is 5.82 Å². The average molecular weight is 301 g/mol. The maximum Gasteiger partial charge on any atom is 0.223 e. The highest BCUT2D eigenvalue weighted by Gasteiger charge is 2.17. The minimum absolute atomic E-state index is 0.0391. The first-order chi connectivity index (χ1) is 10.6. The lowest BCUT2D eigenvalue weighted by molar-refractivity contribution is 0.381. The van der Waals surface area contributed by atoms with Crippen LogP contribution in [-0.2, 0) is 6.54 Å². The lowest BCUT2D eigenvalue weighted by atomic mass is 10.1. The molecule has 1 N–H and O–H groups in total. The predicted molar refractivity (Wildman–Crippen MR) is 81.8 cm³/mol. The van der Waals surface area contributed by atoms with Crippen LogP contribution < -0.4 is 10.1 Å². The Hall–Kier alpha value is -2.34. The molecule has 0 saturated carbocycles. The van der Waals surface area contributed by atoms with Crippen LogP contribution in [0.2, 0.25) is 0 Å². The van der Waals surface area contributed by atoms with E-state index in [1.165, 1.54) is 0 Å². The first kappa shape index (κ1) is 14.6. The van der Waals surface area contributed by atoms with Crippen molar-refractivity contribution in [3.63, 3.8) is 0 Å². The van der Waals surface area contributed by atoms with Gasteiger partial charge in [-0.3, -0.25) is 0 Å². The van der Waals surface area contributed by atoms with Gasteiger partial charge in [0.2, 0.25) is 5.89 Å². The van der Waals surface area contributed by atoms with Crippen LogP contribution in [0.15, 0.2) is 27.1 Å². The topological polar surface area (TPSA) is 73.3 Å². The van der Waals surface area contributed by atoms with Gasteiger partial charge in [-0.25, -0.2) is 0 Å². The van der Waals surface area contributed by atoms with Crippen molar-refractivity contribution in [2.75, 3.05) is 7.11 Å². The van der Waals surface area contributed by atoms with E-state index in [0.717, 1.165) is 28.0 Å². The number of nitrogens with one attached hydrogen (secondary N) is 1. The van der Waals surface area contributed by atoms with E-state index in [-0.39, 0.29) is 6.04 Å². The van der Waals surface area contributed by atoms with Gasteiger partial charge >= 0.3 is 0 Å². The first-order valence-electron chi connectivity index (χ1n) is 7.18. The van der Waals surface area contributed by atoms with E-state index in [9.17, 15) is 0 Å². The summed E-state index contributed by atoms with van der Waals surface area (Å²) in [6.07, 6.45) is 0. The molecule has 2 heterocycles. The lowest BCUT2D eigenvalue weighted by Crippen LogP contribution is -2.19. The van der Waals surface area contributed by atoms with Crippen LogP contribution in [0.4, 0.5) is 0 Å². The molecule has 0 radical (unpaired) electrons. The van der Waals surface area contributed by atoms with Gasteiger partial charge in [0, 0.05) is 17.9 Å². The van der Waals surface area contributed by atoms with Crippen LogP contribution in [0.1, 0.15) is 36.0 Å². The zero-order chi connectivity index (χ0) is 15.7. The molecule has 1 atom stereocenters. The molecule has 0 saturated heterocycles. The normalized spacial score (nSPS) is 12.7. The molecule has 0 aliphatic rings. The van der Waals surface area contributed by atoms with E-state index in [1.807, 2.05) is 18.2 Å². The first-order valence-corrected chi connectivity index (χ1v) is 7.18. The van der Waals surface area contributed by atoms with E-state index in [0.29, 0.717) is 18.3 Å². The molecular weight excluding hydrogens is 282 g/mol. The summed E-state index contributed by atoms with van der Waals surface area (Å²) >= 11 is 0. The van der Waals surface area contributed by atoms with Crippen molar-refractivity contribution in [3.8, 4) is 5.75 Å². The van der Waals surface area contributed by atoms with Crippen LogP contribution >= 0.6 is 0 Å². The van der Waals surface area contributed by atoms with Crippen molar-refractivity contribution in [1.29, 1.82) is 0 Å². The molecule has 0 spiro atoms. The van der Waals surface area contributed by atoms with Crippen LogP contribution in [0, 0.1) is 13.8 Å². The summed E-state index contributed by atoms with van der Waals surface area (Å²) in [5.74, 6) is 2.94. The molecule has 0 fully saturated rings. The molecule has 0 aliphatic carbocycles. The van der Waals surface area contributed by atoms with Crippen molar-refractivity contribution < 1.29 is 13.7 Å². The SMILES string of the molecule is COc1ccc2oc(C(C)NCc3noc(C)n3)c(C)c2c1. The zero-order valence-corrected chi connectivity index (χ0v) is 13.1. The van der Waals surface area contributed by atoms with Crippen molar-refractivity contribution in [2.45, 2.75) is 33.4 Å². The van der Waals surface area contributed by atoms with Crippen LogP contribution in [0.5, 0.6) is 5.75 Å². The third-order valence-electron chi connectivity index (χ3n) is 3.71. The number of hydrogen-bond donors (Lipinski definition) is 1. The molecule has 2 aromatic heterocycles. The molecular formula is C16H19N3O3. The van der Waals surface area contributed by atoms with Crippen molar-refractivity contribution >= 4 is 11.0 Å². The van der Waals surface area contributed by atoms with Crippen molar-refractivity contribution in [2.24, 2.45) is 0 Å². The van der Waals surface area contributed by atoms with Crippen molar-refractivity contribution in [1.82, 2.24) is 15.5 Å². The monoisotopic (exact) mass is 301 g/mol. The Balaban J connectivity index is 1.81. The standard InChI is InChI=1S/C16H19N3O3/c1-9-13-7-12(20-4)5-6-14(13)21-16(9)10(2)17-8-15-18-11(3)22-19-15/h5-7,10,17H,8H2,1-4H3. The minimum Gasteiger partial charge on any atom is -0.497 e. The van der Waals surface area contributed by atoms with E-state index >= 15 is 0 Å². The molecule has 0 amide bonds. The Labute approximate surface area is 128 Å². The van der Waals surface area contributed by atoms with Gasteiger partial charge in [-0.1, -0.05) is 5.16 Å². The van der Waals surface area contributed by atoms with Gasteiger partial charge in [-0.05, 0) is 32.0 Å². The second-order valence-electron chi connectivity index (χ2n) is 5.29. The number of methoxy groups -OCH3 is 1. The quantitative estimate of drug-likeness (QED) is 0.779. The van der Waals surface area contributed by atoms with Gasteiger partial charge < -0.3 is 19.0 Å². The largest absolute Gasteiger partial charge is 0.497 e. The average Bonchev–Trinajstić information content (AvgIpc) is 3.08. The fourth-order valence-corrected chi connectivity index (χ4v) is 2.51. The highest BCUT2D eigenvalue weighted by molar-refractivity contribution is 5.83. The third-order valence-corrected chi connectivity index (χ3v) is 3.71. The maximum absolute atomic E-state index is 5.97. The van der Waals surface area contributed by atoms with E-state index in [4.69, 9.17) is 13.7 Å². The molecule has 1 aromatic carbocycles. The summed E-state index contributed by atoms with van der Waals surface area (Å²) in [7, 11) is 1.66. The maximum atomic E-state index is 5.97. The Morgan fingerprint density at radius 1 is 1.32 bits per heavy atom. The van der Waals surface area contributed by atoms with E-state index < -0.39 is 0 Å². The summed E-state index contributed by atoms with van der Waals surface area (Å²) in [4.78, 5) is 4.18. The molecule has 22 heavy (non-hydrogen) atoms. The molecule has 0 bridgehead atoms. The van der Waals surface area contributed by atoms with Gasteiger partial charge in [0.05, 0.1) is 19.7 Å². The second-order valence-corrected chi connectivity index (χ2v) is 5.29. The van der Waals surface area contributed by atoms with E-state index in [1.54, 1.807) is 14.0 Å². The highest BCUT2D eigenvalue weighted by Crippen LogP contribution is 2.31. The van der Waals surface area contributed by atoms with Crippen LogP contribution in [-0.4, -0.2) is 17.3 Å². The Kier molecular flexibility index (Phi) is 3.85. The number of fused-ring (bicyclic) bond motifs is 1. The summed E-state index contributed by atoms with van der Waals surface area (Å²) < 4.78 is 16.2. The highest BCUT2D eigenvalue weighted by atomic mass is 16.5. The van der Waals surface area contributed by atoms with Gasteiger partial charge in [-0.2, -0.15) is 4.98 Å². The van der Waals surface area contributed by atoms with E-state index in [2.05, 4.69) is 29.3 Å². The number of rotatable bonds is 5. The lowest BCUT2D eigenvalue weighted by Gasteiger charge is -2.10. The molecule has 6 nitrogen and oxygen atoms in total. The summed E-state index contributed by atoms with van der Waals surface area (Å²) in [6.45, 7) is 6.40. The predicted octanol–water partition coefficient (Wildman–Crippen LogP) is 3.29. The number of aromatic nitrogens is 2. The Morgan fingerprint density at radius 2 is 2.14 bits per heavy atom. The second kappa shape index (κ2) is 5.81. The zero-order valence-electron chi connectivity index (χ0n) is 13.1. The van der Waals surface area contributed by atoms with Crippen LogP contribution in [0.3, 0.4) is 0 Å². The Morgan fingerprint density at radius 3 is 2.82 bits per heavy atom. The number of aryl methyl sites for hydroxylation is 2. The minimum atomic E-state index is 0.0391. The number of hydrogen-bond acceptors (Lipinski definition) is 6.